The van der Waals surface area contributed by atoms with Crippen molar-refractivity contribution in [2.24, 2.45) is 5.92 Å². The Labute approximate surface area is 119 Å². The summed E-state index contributed by atoms with van der Waals surface area (Å²) in [5, 5.41) is 11.9. The Morgan fingerprint density at radius 1 is 1.20 bits per heavy atom. The number of hydrogen-bond acceptors (Lipinski definition) is 2. The van der Waals surface area contributed by atoms with Crippen LogP contribution in [0.4, 0.5) is 0 Å². The van der Waals surface area contributed by atoms with Crippen LogP contribution in [0.2, 0.25) is 0 Å². The van der Waals surface area contributed by atoms with Gasteiger partial charge in [-0.05, 0) is 32.3 Å². The van der Waals surface area contributed by atoms with Crippen LogP contribution in [-0.4, -0.2) is 23.0 Å². The van der Waals surface area contributed by atoms with E-state index in [0.717, 1.165) is 24.8 Å². The van der Waals surface area contributed by atoms with Gasteiger partial charge in [0.2, 0.25) is 5.91 Å². The Balaban J connectivity index is 2.13. The Kier molecular flexibility index (Phi) is 4.12. The second kappa shape index (κ2) is 5.65. The number of carboxylic acid groups (broad SMARTS) is 1. The van der Waals surface area contributed by atoms with Crippen LogP contribution in [0.25, 0.3) is 0 Å². The molecule has 0 bridgehead atoms. The second-order valence-electron chi connectivity index (χ2n) is 5.69. The summed E-state index contributed by atoms with van der Waals surface area (Å²) in [6.07, 6.45) is 2.69. The monoisotopic (exact) mass is 275 g/mol. The minimum absolute atomic E-state index is 0.0458. The topological polar surface area (TPSA) is 66.4 Å². The van der Waals surface area contributed by atoms with E-state index in [4.69, 9.17) is 5.11 Å². The number of hydrogen-bond donors (Lipinski definition) is 2. The van der Waals surface area contributed by atoms with Gasteiger partial charge in [-0.1, -0.05) is 36.8 Å². The summed E-state index contributed by atoms with van der Waals surface area (Å²) in [6.45, 7) is 3.36. The van der Waals surface area contributed by atoms with E-state index in [9.17, 15) is 9.59 Å². The number of amides is 1. The molecule has 0 radical (unpaired) electrons. The molecule has 4 heteroatoms. The standard InChI is InChI=1S/C16H21NO3/c1-11(14(18)19)12(2)17-15(20)16(9-6-10-16)13-7-4-3-5-8-13/h3-5,7-8,11-12H,6,9-10H2,1-2H3,(H,17,20)(H,18,19). The highest BCUT2D eigenvalue weighted by atomic mass is 16.4. The lowest BCUT2D eigenvalue weighted by Crippen LogP contribution is -2.53. The van der Waals surface area contributed by atoms with Gasteiger partial charge in [-0.3, -0.25) is 9.59 Å². The van der Waals surface area contributed by atoms with Crippen molar-refractivity contribution < 1.29 is 14.7 Å². The molecule has 2 N–H and O–H groups in total. The first-order valence-corrected chi connectivity index (χ1v) is 7.07. The van der Waals surface area contributed by atoms with Crippen molar-refractivity contribution in [3.05, 3.63) is 35.9 Å². The van der Waals surface area contributed by atoms with Crippen LogP contribution in [0.15, 0.2) is 30.3 Å². The number of carbonyl (C=O) groups is 2. The quantitative estimate of drug-likeness (QED) is 0.866. The maximum Gasteiger partial charge on any atom is 0.308 e. The van der Waals surface area contributed by atoms with Gasteiger partial charge in [-0.25, -0.2) is 0 Å². The van der Waals surface area contributed by atoms with Gasteiger partial charge in [0, 0.05) is 6.04 Å². The summed E-state index contributed by atoms with van der Waals surface area (Å²) in [5.74, 6) is -1.53. The molecule has 0 aromatic heterocycles. The molecule has 4 nitrogen and oxygen atoms in total. The molecule has 0 heterocycles. The van der Waals surface area contributed by atoms with Crippen molar-refractivity contribution in [3.8, 4) is 0 Å². The molecule has 2 unspecified atom stereocenters. The maximum absolute atomic E-state index is 12.6. The molecule has 1 aromatic rings. The number of rotatable bonds is 5. The average molecular weight is 275 g/mol. The van der Waals surface area contributed by atoms with Gasteiger partial charge in [0.25, 0.3) is 0 Å². The van der Waals surface area contributed by atoms with Crippen LogP contribution in [0.1, 0.15) is 38.7 Å². The zero-order chi connectivity index (χ0) is 14.8. The van der Waals surface area contributed by atoms with Gasteiger partial charge in [0.05, 0.1) is 11.3 Å². The predicted molar refractivity (Wildman–Crippen MR) is 76.4 cm³/mol. The summed E-state index contributed by atoms with van der Waals surface area (Å²) >= 11 is 0. The van der Waals surface area contributed by atoms with Crippen molar-refractivity contribution in [3.63, 3.8) is 0 Å². The predicted octanol–water partition coefficient (Wildman–Crippen LogP) is 2.33. The number of aliphatic carboxylic acids is 1. The second-order valence-corrected chi connectivity index (χ2v) is 5.69. The fourth-order valence-corrected chi connectivity index (χ4v) is 2.62. The van der Waals surface area contributed by atoms with Crippen LogP contribution in [0, 0.1) is 5.92 Å². The van der Waals surface area contributed by atoms with E-state index in [-0.39, 0.29) is 11.9 Å². The van der Waals surface area contributed by atoms with Crippen LogP contribution in [0.5, 0.6) is 0 Å². The highest BCUT2D eigenvalue weighted by Crippen LogP contribution is 2.44. The first kappa shape index (κ1) is 14.6. The summed E-state index contributed by atoms with van der Waals surface area (Å²) in [5.41, 5.74) is 0.562. The van der Waals surface area contributed by atoms with Gasteiger partial charge in [0.15, 0.2) is 0 Å². The van der Waals surface area contributed by atoms with E-state index in [1.165, 1.54) is 0 Å². The number of nitrogens with one attached hydrogen (secondary N) is 1. The summed E-state index contributed by atoms with van der Waals surface area (Å²) in [6, 6.07) is 9.38. The fourth-order valence-electron chi connectivity index (χ4n) is 2.62. The minimum atomic E-state index is -0.889. The molecule has 1 aliphatic rings. The van der Waals surface area contributed by atoms with Crippen LogP contribution in [-0.2, 0) is 15.0 Å². The van der Waals surface area contributed by atoms with Gasteiger partial charge < -0.3 is 10.4 Å². The molecule has 2 atom stereocenters. The smallest absolute Gasteiger partial charge is 0.308 e. The number of carbonyl (C=O) groups excluding carboxylic acids is 1. The Morgan fingerprint density at radius 2 is 1.80 bits per heavy atom. The highest BCUT2D eigenvalue weighted by molar-refractivity contribution is 5.89. The molecule has 1 aromatic carbocycles. The highest BCUT2D eigenvalue weighted by Gasteiger charge is 2.46. The first-order valence-electron chi connectivity index (χ1n) is 7.07. The Bertz CT molecular complexity index is 494. The molecule has 0 spiro atoms. The molecule has 1 fully saturated rings. The SMILES string of the molecule is CC(NC(=O)C1(c2ccccc2)CCC1)C(C)C(=O)O. The van der Waals surface area contributed by atoms with E-state index in [0.29, 0.717) is 0 Å². The molecule has 1 saturated carbocycles. The van der Waals surface area contributed by atoms with E-state index in [2.05, 4.69) is 5.32 Å². The fraction of sp³-hybridized carbons (Fsp3) is 0.500. The Morgan fingerprint density at radius 3 is 2.25 bits per heavy atom. The number of carboxylic acids is 1. The van der Waals surface area contributed by atoms with Crippen molar-refractivity contribution in [1.82, 2.24) is 5.32 Å². The Hall–Kier alpha value is -1.84. The van der Waals surface area contributed by atoms with Crippen LogP contribution < -0.4 is 5.32 Å². The third-order valence-electron chi connectivity index (χ3n) is 4.47. The van der Waals surface area contributed by atoms with E-state index in [1.807, 2.05) is 30.3 Å². The maximum atomic E-state index is 12.6. The zero-order valence-corrected chi connectivity index (χ0v) is 11.9. The lowest BCUT2D eigenvalue weighted by molar-refractivity contribution is -0.142. The van der Waals surface area contributed by atoms with Crippen molar-refractivity contribution >= 4 is 11.9 Å². The molecule has 1 amide bonds. The first-order chi connectivity index (χ1) is 9.47. The molecular formula is C16H21NO3. The van der Waals surface area contributed by atoms with Gasteiger partial charge in [-0.15, -0.1) is 0 Å². The van der Waals surface area contributed by atoms with Crippen molar-refractivity contribution in [2.45, 2.75) is 44.6 Å². The van der Waals surface area contributed by atoms with Gasteiger partial charge >= 0.3 is 5.97 Å². The van der Waals surface area contributed by atoms with Crippen molar-refractivity contribution in [2.75, 3.05) is 0 Å². The normalized spacial score (nSPS) is 19.5. The summed E-state index contributed by atoms with van der Waals surface area (Å²) in [7, 11) is 0. The molecule has 2 rings (SSSR count). The minimum Gasteiger partial charge on any atom is -0.481 e. The van der Waals surface area contributed by atoms with Crippen LogP contribution >= 0.6 is 0 Å². The summed E-state index contributed by atoms with van der Waals surface area (Å²) < 4.78 is 0. The molecule has 1 aliphatic carbocycles. The number of benzene rings is 1. The van der Waals surface area contributed by atoms with E-state index < -0.39 is 17.3 Å². The molecular weight excluding hydrogens is 254 g/mol. The molecule has 0 saturated heterocycles. The average Bonchev–Trinajstić information content (AvgIpc) is 2.37. The van der Waals surface area contributed by atoms with E-state index >= 15 is 0 Å². The lowest BCUT2D eigenvalue weighted by atomic mass is 9.63. The van der Waals surface area contributed by atoms with E-state index in [1.54, 1.807) is 13.8 Å². The third kappa shape index (κ3) is 2.55. The largest absolute Gasteiger partial charge is 0.481 e. The molecule has 0 aliphatic heterocycles. The lowest BCUT2D eigenvalue weighted by Gasteiger charge is -2.41. The van der Waals surface area contributed by atoms with Gasteiger partial charge in [0.1, 0.15) is 0 Å². The summed E-state index contributed by atoms with van der Waals surface area (Å²) in [4.78, 5) is 23.6. The van der Waals surface area contributed by atoms with Crippen molar-refractivity contribution in [1.29, 1.82) is 0 Å². The third-order valence-corrected chi connectivity index (χ3v) is 4.47. The molecule has 108 valence electrons. The van der Waals surface area contributed by atoms with Crippen LogP contribution in [0.3, 0.4) is 0 Å². The van der Waals surface area contributed by atoms with Gasteiger partial charge in [-0.2, -0.15) is 0 Å². The zero-order valence-electron chi connectivity index (χ0n) is 11.9. The molecule has 20 heavy (non-hydrogen) atoms.